The first-order valence-corrected chi connectivity index (χ1v) is 9.12. The molecular formula is C20H25N3O2. The van der Waals surface area contributed by atoms with E-state index in [-0.39, 0.29) is 11.8 Å². The van der Waals surface area contributed by atoms with E-state index >= 15 is 0 Å². The number of nitrogens with zero attached hydrogens (tertiary/aromatic N) is 3. The summed E-state index contributed by atoms with van der Waals surface area (Å²) in [5.41, 5.74) is 2.60. The molecule has 0 saturated carbocycles. The van der Waals surface area contributed by atoms with Crippen LogP contribution in [0.5, 0.6) is 0 Å². The fourth-order valence-electron chi connectivity index (χ4n) is 3.48. The van der Waals surface area contributed by atoms with Crippen molar-refractivity contribution >= 4 is 22.7 Å². The number of rotatable bonds is 7. The van der Waals surface area contributed by atoms with Crippen molar-refractivity contribution in [1.82, 2.24) is 14.8 Å². The van der Waals surface area contributed by atoms with E-state index in [0.29, 0.717) is 30.6 Å². The first-order valence-electron chi connectivity index (χ1n) is 9.12. The Morgan fingerprint density at radius 3 is 2.36 bits per heavy atom. The van der Waals surface area contributed by atoms with Gasteiger partial charge < -0.3 is 4.90 Å². The van der Waals surface area contributed by atoms with Gasteiger partial charge in [0.1, 0.15) is 0 Å². The highest BCUT2D eigenvalue weighted by Crippen LogP contribution is 2.32. The molecule has 0 spiro atoms. The van der Waals surface area contributed by atoms with E-state index < -0.39 is 0 Å². The Morgan fingerprint density at radius 2 is 1.68 bits per heavy atom. The Bertz CT molecular complexity index is 812. The molecule has 0 fully saturated rings. The van der Waals surface area contributed by atoms with Gasteiger partial charge in [0.2, 0.25) is 0 Å². The molecule has 132 valence electrons. The van der Waals surface area contributed by atoms with E-state index in [1.165, 1.54) is 4.90 Å². The fourth-order valence-corrected chi connectivity index (χ4v) is 3.48. The fraction of sp³-hybridized carbons (Fsp3) is 0.450. The van der Waals surface area contributed by atoms with Gasteiger partial charge in [-0.1, -0.05) is 45.4 Å². The van der Waals surface area contributed by atoms with Gasteiger partial charge in [-0.15, -0.1) is 0 Å². The van der Waals surface area contributed by atoms with Crippen LogP contribution in [-0.4, -0.2) is 52.8 Å². The van der Waals surface area contributed by atoms with Crippen LogP contribution >= 0.6 is 0 Å². The molecule has 0 radical (unpaired) electrons. The number of benzene rings is 1. The summed E-state index contributed by atoms with van der Waals surface area (Å²) < 4.78 is 0. The van der Waals surface area contributed by atoms with Crippen LogP contribution < -0.4 is 0 Å². The van der Waals surface area contributed by atoms with Gasteiger partial charge >= 0.3 is 0 Å². The van der Waals surface area contributed by atoms with Gasteiger partial charge in [0, 0.05) is 18.5 Å². The maximum atomic E-state index is 13.0. The molecule has 2 amide bonds. The molecule has 3 rings (SSSR count). The van der Waals surface area contributed by atoms with Crippen molar-refractivity contribution in [3.8, 4) is 0 Å². The van der Waals surface area contributed by atoms with Crippen molar-refractivity contribution in [2.75, 3.05) is 26.2 Å². The molecule has 1 aliphatic rings. The topological polar surface area (TPSA) is 53.5 Å². The van der Waals surface area contributed by atoms with Crippen molar-refractivity contribution in [3.05, 3.63) is 41.1 Å². The molecular weight excluding hydrogens is 314 g/mol. The third-order valence-electron chi connectivity index (χ3n) is 4.91. The number of aromatic nitrogens is 1. The Balaban J connectivity index is 2.03. The highest BCUT2D eigenvalue weighted by molar-refractivity contribution is 6.26. The highest BCUT2D eigenvalue weighted by atomic mass is 16.2. The zero-order chi connectivity index (χ0) is 18.0. The molecule has 1 aromatic heterocycles. The van der Waals surface area contributed by atoms with Gasteiger partial charge in [-0.25, -0.2) is 0 Å². The summed E-state index contributed by atoms with van der Waals surface area (Å²) in [5.74, 6) is -0.364. The van der Waals surface area contributed by atoms with Gasteiger partial charge in [-0.05, 0) is 25.6 Å². The number of hydrogen-bond acceptors (Lipinski definition) is 4. The standard InChI is InChI=1S/C20H25N3O2/c1-4-9-16-18-17(14-10-7-8-11-15(14)21-16)19(24)23(20(18)25)13-12-22(5-2)6-3/h7-8,10-11H,4-6,9,12-13H2,1-3H3. The van der Waals surface area contributed by atoms with Crippen LogP contribution in [0.1, 0.15) is 53.6 Å². The van der Waals surface area contributed by atoms with Gasteiger partial charge in [0.25, 0.3) is 11.8 Å². The van der Waals surface area contributed by atoms with Crippen LogP contribution in [0.2, 0.25) is 0 Å². The minimum Gasteiger partial charge on any atom is -0.302 e. The summed E-state index contributed by atoms with van der Waals surface area (Å²) in [6.07, 6.45) is 1.59. The second-order valence-corrected chi connectivity index (χ2v) is 6.36. The van der Waals surface area contributed by atoms with Crippen LogP contribution in [0.15, 0.2) is 24.3 Å². The molecule has 0 saturated heterocycles. The third kappa shape index (κ3) is 3.04. The van der Waals surface area contributed by atoms with E-state index in [9.17, 15) is 9.59 Å². The second kappa shape index (κ2) is 7.31. The number of fused-ring (bicyclic) bond motifs is 3. The summed E-state index contributed by atoms with van der Waals surface area (Å²) >= 11 is 0. The molecule has 0 unspecified atom stereocenters. The Kier molecular flexibility index (Phi) is 5.13. The van der Waals surface area contributed by atoms with Gasteiger partial charge in [-0.3, -0.25) is 19.5 Å². The summed E-state index contributed by atoms with van der Waals surface area (Å²) in [7, 11) is 0. The zero-order valence-corrected chi connectivity index (χ0v) is 15.2. The van der Waals surface area contributed by atoms with E-state index in [2.05, 4.69) is 30.7 Å². The Hall–Kier alpha value is -2.27. The Morgan fingerprint density at radius 1 is 1.00 bits per heavy atom. The third-order valence-corrected chi connectivity index (χ3v) is 4.91. The lowest BCUT2D eigenvalue weighted by Gasteiger charge is -2.21. The van der Waals surface area contributed by atoms with Crippen molar-refractivity contribution in [3.63, 3.8) is 0 Å². The molecule has 2 heterocycles. The summed E-state index contributed by atoms with van der Waals surface area (Å²) in [5, 5.41) is 0.779. The highest BCUT2D eigenvalue weighted by Gasteiger charge is 2.39. The quantitative estimate of drug-likeness (QED) is 0.727. The normalized spacial score (nSPS) is 14.0. The monoisotopic (exact) mass is 339 g/mol. The van der Waals surface area contributed by atoms with Crippen LogP contribution in [0, 0.1) is 0 Å². The van der Waals surface area contributed by atoms with Crippen LogP contribution in [0.3, 0.4) is 0 Å². The molecule has 5 heteroatoms. The lowest BCUT2D eigenvalue weighted by molar-refractivity contribution is 0.0638. The van der Waals surface area contributed by atoms with Gasteiger partial charge in [0.05, 0.1) is 22.3 Å². The Labute approximate surface area is 148 Å². The number of imide groups is 1. The van der Waals surface area contributed by atoms with Crippen molar-refractivity contribution in [2.45, 2.75) is 33.6 Å². The largest absolute Gasteiger partial charge is 0.302 e. The van der Waals surface area contributed by atoms with Gasteiger partial charge in [0.15, 0.2) is 0 Å². The molecule has 0 atom stereocenters. The maximum absolute atomic E-state index is 13.0. The number of aryl methyl sites for hydroxylation is 1. The predicted octanol–water partition coefficient (Wildman–Crippen LogP) is 3.13. The van der Waals surface area contributed by atoms with E-state index in [0.717, 1.165) is 36.1 Å². The zero-order valence-electron chi connectivity index (χ0n) is 15.2. The SMILES string of the molecule is CCCc1nc2ccccc2c2c1C(=O)N(CCN(CC)CC)C2=O. The summed E-state index contributed by atoms with van der Waals surface area (Å²) in [6, 6.07) is 7.60. The van der Waals surface area contributed by atoms with E-state index in [1.54, 1.807) is 0 Å². The first-order chi connectivity index (χ1) is 12.1. The van der Waals surface area contributed by atoms with Crippen LogP contribution in [0.25, 0.3) is 10.9 Å². The molecule has 0 bridgehead atoms. The molecule has 1 aromatic carbocycles. The molecule has 0 N–H and O–H groups in total. The van der Waals surface area contributed by atoms with Crippen LogP contribution in [-0.2, 0) is 6.42 Å². The number of hydrogen-bond donors (Lipinski definition) is 0. The molecule has 0 aliphatic carbocycles. The molecule has 1 aliphatic heterocycles. The molecule has 2 aromatic rings. The number of amides is 2. The first kappa shape index (κ1) is 17.5. The second-order valence-electron chi connectivity index (χ2n) is 6.36. The van der Waals surface area contributed by atoms with E-state index in [4.69, 9.17) is 0 Å². The lowest BCUT2D eigenvalue weighted by Crippen LogP contribution is -2.38. The smallest absolute Gasteiger partial charge is 0.263 e. The number of carbonyl (C=O) groups excluding carboxylic acids is 2. The molecule has 5 nitrogen and oxygen atoms in total. The number of pyridine rings is 1. The average Bonchev–Trinajstić information content (AvgIpc) is 2.88. The average molecular weight is 339 g/mol. The predicted molar refractivity (Wildman–Crippen MR) is 98.9 cm³/mol. The minimum absolute atomic E-state index is 0.178. The summed E-state index contributed by atoms with van der Waals surface area (Å²) in [6.45, 7) is 9.17. The summed E-state index contributed by atoms with van der Waals surface area (Å²) in [4.78, 5) is 34.3. The number of carbonyl (C=O) groups is 2. The van der Waals surface area contributed by atoms with Crippen LogP contribution in [0.4, 0.5) is 0 Å². The lowest BCUT2D eigenvalue weighted by atomic mass is 10.0. The number of likely N-dealkylation sites (N-methyl/N-ethyl adjacent to an activating group) is 1. The van der Waals surface area contributed by atoms with Crippen molar-refractivity contribution < 1.29 is 9.59 Å². The minimum atomic E-state index is -0.186. The van der Waals surface area contributed by atoms with Gasteiger partial charge in [-0.2, -0.15) is 0 Å². The number of para-hydroxylation sites is 1. The van der Waals surface area contributed by atoms with Crippen molar-refractivity contribution in [1.29, 1.82) is 0 Å². The molecule has 25 heavy (non-hydrogen) atoms. The maximum Gasteiger partial charge on any atom is 0.263 e. The van der Waals surface area contributed by atoms with E-state index in [1.807, 2.05) is 24.3 Å². The van der Waals surface area contributed by atoms with Crippen molar-refractivity contribution in [2.24, 2.45) is 0 Å².